The van der Waals surface area contributed by atoms with Crippen molar-refractivity contribution in [1.82, 2.24) is 4.90 Å². The number of carbonyl (C=O) groups is 1. The lowest BCUT2D eigenvalue weighted by Gasteiger charge is -2.09. The van der Waals surface area contributed by atoms with E-state index in [4.69, 9.17) is 0 Å². The molecule has 2 heteroatoms. The molecule has 0 bridgehead atoms. The molecule has 1 aliphatic rings. The van der Waals surface area contributed by atoms with E-state index in [1.54, 1.807) is 18.0 Å². The van der Waals surface area contributed by atoms with Gasteiger partial charge in [-0.2, -0.15) is 0 Å². The third kappa shape index (κ3) is 1.70. The number of likely N-dealkylation sites (N-methyl/N-ethyl adjacent to an activating group) is 1. The van der Waals surface area contributed by atoms with Gasteiger partial charge in [-0.3, -0.25) is 4.79 Å². The zero-order valence-corrected chi connectivity index (χ0v) is 7.00. The van der Waals surface area contributed by atoms with E-state index in [2.05, 4.69) is 13.0 Å². The van der Waals surface area contributed by atoms with E-state index in [0.29, 0.717) is 0 Å². The topological polar surface area (TPSA) is 20.3 Å². The minimum atomic E-state index is 0.0763. The van der Waals surface area contributed by atoms with E-state index in [9.17, 15) is 4.79 Å². The van der Waals surface area contributed by atoms with Crippen molar-refractivity contribution < 1.29 is 4.79 Å². The summed E-state index contributed by atoms with van der Waals surface area (Å²) in [6.07, 6.45) is 7.71. The van der Waals surface area contributed by atoms with Gasteiger partial charge in [0.25, 0.3) is 5.91 Å². The van der Waals surface area contributed by atoms with E-state index < -0.39 is 0 Å². The van der Waals surface area contributed by atoms with Crippen LogP contribution in [0, 0.1) is 0 Å². The Morgan fingerprint density at radius 3 is 2.73 bits per heavy atom. The molecule has 0 saturated carbocycles. The maximum absolute atomic E-state index is 10.9. The number of carbonyl (C=O) groups excluding carboxylic acids is 1. The fourth-order valence-electron chi connectivity index (χ4n) is 1.00. The average molecular weight is 151 g/mol. The van der Waals surface area contributed by atoms with Gasteiger partial charge in [0.15, 0.2) is 0 Å². The van der Waals surface area contributed by atoms with Gasteiger partial charge < -0.3 is 4.90 Å². The molecule has 0 atom stereocenters. The van der Waals surface area contributed by atoms with E-state index in [1.807, 2.05) is 6.08 Å². The Balaban J connectivity index is 2.62. The predicted molar refractivity (Wildman–Crippen MR) is 44.9 cm³/mol. The lowest BCUT2D eigenvalue weighted by molar-refractivity contribution is -0.122. The Kier molecular flexibility index (Phi) is 2.47. The Morgan fingerprint density at radius 1 is 1.55 bits per heavy atom. The van der Waals surface area contributed by atoms with E-state index in [1.165, 1.54) is 0 Å². The molecule has 1 aliphatic heterocycles. The molecule has 0 unspecified atom stereocenters. The molecule has 0 N–H and O–H groups in total. The maximum atomic E-state index is 10.9. The molecule has 0 aliphatic carbocycles. The Hall–Kier alpha value is -1.05. The quantitative estimate of drug-likeness (QED) is 0.588. The van der Waals surface area contributed by atoms with Gasteiger partial charge in [0.05, 0.1) is 0 Å². The number of rotatable bonds is 2. The van der Waals surface area contributed by atoms with E-state index in [0.717, 1.165) is 18.5 Å². The molecule has 0 saturated heterocycles. The summed E-state index contributed by atoms with van der Waals surface area (Å²) in [6, 6.07) is 0. The second kappa shape index (κ2) is 3.37. The zero-order valence-electron chi connectivity index (χ0n) is 7.00. The smallest absolute Gasteiger partial charge is 0.250 e. The highest BCUT2D eigenvalue weighted by molar-refractivity contribution is 5.92. The fourth-order valence-corrected chi connectivity index (χ4v) is 1.00. The summed E-state index contributed by atoms with van der Waals surface area (Å²) >= 11 is 0. The average Bonchev–Trinajstić information content (AvgIpc) is 2.31. The number of unbranched alkanes of at least 4 members (excludes halogenated alkanes) is 1. The van der Waals surface area contributed by atoms with Crippen molar-refractivity contribution >= 4 is 5.91 Å². The van der Waals surface area contributed by atoms with Crippen LogP contribution in [0.15, 0.2) is 23.9 Å². The van der Waals surface area contributed by atoms with Crippen molar-refractivity contribution in [3.8, 4) is 0 Å². The predicted octanol–water partition coefficient (Wildman–Crippen LogP) is 1.70. The molecular formula is C9H13NO. The molecule has 1 rings (SSSR count). The molecule has 0 aromatic heterocycles. The highest BCUT2D eigenvalue weighted by Gasteiger charge is 2.13. The minimum absolute atomic E-state index is 0.0763. The van der Waals surface area contributed by atoms with Gasteiger partial charge in [-0.05, 0) is 12.5 Å². The fraction of sp³-hybridized carbons (Fsp3) is 0.444. The molecule has 1 amide bonds. The van der Waals surface area contributed by atoms with Crippen LogP contribution in [0.5, 0.6) is 0 Å². The second-order valence-electron chi connectivity index (χ2n) is 2.65. The number of amides is 1. The molecule has 60 valence electrons. The normalized spacial score (nSPS) is 20.4. The summed E-state index contributed by atoms with van der Waals surface area (Å²) in [5.74, 6) is 0.0763. The SMILES string of the molecule is CCC/C=C1/C=CC(=O)N1C. The van der Waals surface area contributed by atoms with Gasteiger partial charge in [0.2, 0.25) is 0 Å². The molecule has 0 aromatic carbocycles. The van der Waals surface area contributed by atoms with Crippen molar-refractivity contribution in [2.75, 3.05) is 7.05 Å². The number of allylic oxidation sites excluding steroid dienone is 2. The van der Waals surface area contributed by atoms with Crippen molar-refractivity contribution in [3.63, 3.8) is 0 Å². The third-order valence-electron chi connectivity index (χ3n) is 1.76. The summed E-state index contributed by atoms with van der Waals surface area (Å²) < 4.78 is 0. The highest BCUT2D eigenvalue weighted by Crippen LogP contribution is 2.12. The van der Waals surface area contributed by atoms with Gasteiger partial charge in [-0.1, -0.05) is 19.4 Å². The number of nitrogens with zero attached hydrogens (tertiary/aromatic N) is 1. The van der Waals surface area contributed by atoms with Crippen molar-refractivity contribution in [2.24, 2.45) is 0 Å². The molecule has 11 heavy (non-hydrogen) atoms. The molecule has 1 heterocycles. The molecule has 2 nitrogen and oxygen atoms in total. The van der Waals surface area contributed by atoms with Crippen molar-refractivity contribution in [3.05, 3.63) is 23.9 Å². The largest absolute Gasteiger partial charge is 0.312 e. The van der Waals surface area contributed by atoms with Crippen LogP contribution in [0.25, 0.3) is 0 Å². The second-order valence-corrected chi connectivity index (χ2v) is 2.65. The van der Waals surface area contributed by atoms with Crippen LogP contribution in [-0.2, 0) is 4.79 Å². The van der Waals surface area contributed by atoms with Gasteiger partial charge in [0.1, 0.15) is 0 Å². The zero-order chi connectivity index (χ0) is 8.27. The summed E-state index contributed by atoms with van der Waals surface area (Å²) in [5.41, 5.74) is 1.02. The monoisotopic (exact) mass is 151 g/mol. The number of hydrogen-bond acceptors (Lipinski definition) is 1. The van der Waals surface area contributed by atoms with Crippen LogP contribution in [0.1, 0.15) is 19.8 Å². The first-order valence-electron chi connectivity index (χ1n) is 3.91. The minimum Gasteiger partial charge on any atom is -0.312 e. The molecule has 0 fully saturated rings. The maximum Gasteiger partial charge on any atom is 0.250 e. The Bertz CT molecular complexity index is 216. The first-order chi connectivity index (χ1) is 5.25. The highest BCUT2D eigenvalue weighted by atomic mass is 16.2. The van der Waals surface area contributed by atoms with Gasteiger partial charge in [0, 0.05) is 18.8 Å². The Morgan fingerprint density at radius 2 is 2.27 bits per heavy atom. The molecule has 0 radical (unpaired) electrons. The summed E-state index contributed by atoms with van der Waals surface area (Å²) in [4.78, 5) is 12.6. The summed E-state index contributed by atoms with van der Waals surface area (Å²) in [7, 11) is 1.80. The van der Waals surface area contributed by atoms with Crippen molar-refractivity contribution in [2.45, 2.75) is 19.8 Å². The Labute approximate surface area is 67.2 Å². The van der Waals surface area contributed by atoms with Crippen LogP contribution < -0.4 is 0 Å². The first-order valence-corrected chi connectivity index (χ1v) is 3.91. The molecular weight excluding hydrogens is 138 g/mol. The van der Waals surface area contributed by atoms with Crippen molar-refractivity contribution in [1.29, 1.82) is 0 Å². The van der Waals surface area contributed by atoms with Gasteiger partial charge in [-0.25, -0.2) is 0 Å². The molecule has 0 spiro atoms. The van der Waals surface area contributed by atoms with Gasteiger partial charge >= 0.3 is 0 Å². The van der Waals surface area contributed by atoms with Crippen LogP contribution >= 0.6 is 0 Å². The first kappa shape index (κ1) is 8.05. The summed E-state index contributed by atoms with van der Waals surface area (Å²) in [6.45, 7) is 2.12. The van der Waals surface area contributed by atoms with Crippen LogP contribution in [0.4, 0.5) is 0 Å². The summed E-state index contributed by atoms with van der Waals surface area (Å²) in [5, 5.41) is 0. The lowest BCUT2D eigenvalue weighted by Crippen LogP contribution is -2.17. The number of hydrogen-bond donors (Lipinski definition) is 0. The van der Waals surface area contributed by atoms with Crippen LogP contribution in [0.3, 0.4) is 0 Å². The van der Waals surface area contributed by atoms with E-state index >= 15 is 0 Å². The molecule has 0 aromatic rings. The van der Waals surface area contributed by atoms with Crippen LogP contribution in [0.2, 0.25) is 0 Å². The van der Waals surface area contributed by atoms with Crippen LogP contribution in [-0.4, -0.2) is 17.9 Å². The third-order valence-corrected chi connectivity index (χ3v) is 1.76. The lowest BCUT2D eigenvalue weighted by atomic mass is 10.3. The van der Waals surface area contributed by atoms with E-state index in [-0.39, 0.29) is 5.91 Å². The standard InChI is InChI=1S/C9H13NO/c1-3-4-5-8-6-7-9(11)10(8)2/h5-7H,3-4H2,1-2H3/b8-5-. The van der Waals surface area contributed by atoms with Gasteiger partial charge in [-0.15, -0.1) is 0 Å².